The van der Waals surface area contributed by atoms with E-state index in [9.17, 15) is 4.39 Å². The first-order chi connectivity index (χ1) is 15.5. The number of halogens is 1. The number of hydrogen-bond donors (Lipinski definition) is 1. The Morgan fingerprint density at radius 1 is 1.06 bits per heavy atom. The summed E-state index contributed by atoms with van der Waals surface area (Å²) in [5, 5.41) is 3.23. The molecular formula is C23H26FN5O3. The van der Waals surface area contributed by atoms with E-state index in [0.717, 1.165) is 0 Å². The first-order valence-electron chi connectivity index (χ1n) is 10.3. The minimum Gasteiger partial charge on any atom is -0.497 e. The third-order valence-corrected chi connectivity index (χ3v) is 5.14. The molecule has 4 rings (SSSR count). The lowest BCUT2D eigenvalue weighted by atomic mass is 10.1. The standard InChI is InChI=1S/C23H26FN5O3/c1-14-12-29(13-15(2)32-14)23-25-8-7-21(28-23)27-20-9-16(11-26-22(20)31-4)18-6-5-17(30-3)10-19(18)24/h5-11,14-15H,12-13H2,1-4H3,(H,25,27,28)/t14-,15+. The Morgan fingerprint density at radius 2 is 1.84 bits per heavy atom. The molecule has 1 aliphatic rings. The Balaban J connectivity index is 1.62. The molecule has 3 aromatic rings. The van der Waals surface area contributed by atoms with Crippen molar-refractivity contribution < 1.29 is 18.6 Å². The molecule has 1 aromatic carbocycles. The zero-order valence-corrected chi connectivity index (χ0v) is 18.5. The number of rotatable bonds is 6. The summed E-state index contributed by atoms with van der Waals surface area (Å²) in [5.41, 5.74) is 1.57. The van der Waals surface area contributed by atoms with Crippen LogP contribution < -0.4 is 19.7 Å². The average molecular weight is 439 g/mol. The smallest absolute Gasteiger partial charge is 0.237 e. The van der Waals surface area contributed by atoms with Crippen LogP contribution in [0.1, 0.15) is 13.8 Å². The largest absolute Gasteiger partial charge is 0.497 e. The van der Waals surface area contributed by atoms with Crippen LogP contribution in [0.5, 0.6) is 11.6 Å². The van der Waals surface area contributed by atoms with Gasteiger partial charge in [-0.05, 0) is 38.1 Å². The number of hydrogen-bond acceptors (Lipinski definition) is 8. The van der Waals surface area contributed by atoms with Crippen molar-refractivity contribution in [2.45, 2.75) is 26.1 Å². The number of benzene rings is 1. The molecule has 8 nitrogen and oxygen atoms in total. The maximum absolute atomic E-state index is 14.6. The highest BCUT2D eigenvalue weighted by atomic mass is 19.1. The van der Waals surface area contributed by atoms with Gasteiger partial charge >= 0.3 is 0 Å². The number of aromatic nitrogens is 3. The van der Waals surface area contributed by atoms with Crippen LogP contribution in [0.4, 0.5) is 21.8 Å². The molecule has 0 unspecified atom stereocenters. The fraction of sp³-hybridized carbons (Fsp3) is 0.348. The maximum Gasteiger partial charge on any atom is 0.237 e. The van der Waals surface area contributed by atoms with E-state index in [2.05, 4.69) is 25.2 Å². The van der Waals surface area contributed by atoms with E-state index in [1.807, 2.05) is 13.8 Å². The Morgan fingerprint density at radius 3 is 2.53 bits per heavy atom. The van der Waals surface area contributed by atoms with Gasteiger partial charge in [0.25, 0.3) is 0 Å². The summed E-state index contributed by atoms with van der Waals surface area (Å²) in [6.45, 7) is 5.49. The second-order valence-corrected chi connectivity index (χ2v) is 7.66. The highest BCUT2D eigenvalue weighted by Crippen LogP contribution is 2.32. The SMILES string of the molecule is COc1ccc(-c2cnc(OC)c(Nc3ccnc(N4C[C@@H](C)O[C@@H](C)C4)n3)c2)c(F)c1. The van der Waals surface area contributed by atoms with Crippen LogP contribution in [0.15, 0.2) is 42.7 Å². The van der Waals surface area contributed by atoms with E-state index in [4.69, 9.17) is 14.2 Å². The Bertz CT molecular complexity index is 1090. The monoisotopic (exact) mass is 439 g/mol. The Labute approximate surface area is 186 Å². The van der Waals surface area contributed by atoms with Gasteiger partial charge in [0.2, 0.25) is 11.8 Å². The van der Waals surface area contributed by atoms with Gasteiger partial charge in [-0.1, -0.05) is 0 Å². The summed E-state index contributed by atoms with van der Waals surface area (Å²) in [5.74, 6) is 1.61. The summed E-state index contributed by atoms with van der Waals surface area (Å²) < 4.78 is 30.9. The van der Waals surface area contributed by atoms with E-state index >= 15 is 0 Å². The second-order valence-electron chi connectivity index (χ2n) is 7.66. The molecular weight excluding hydrogens is 413 g/mol. The summed E-state index contributed by atoms with van der Waals surface area (Å²) in [6, 6.07) is 8.24. The maximum atomic E-state index is 14.6. The Kier molecular flexibility index (Phi) is 6.36. The first kappa shape index (κ1) is 21.8. The van der Waals surface area contributed by atoms with Crippen LogP contribution in [-0.4, -0.2) is 54.5 Å². The van der Waals surface area contributed by atoms with Crippen LogP contribution in [0.3, 0.4) is 0 Å². The number of nitrogens with one attached hydrogen (secondary N) is 1. The summed E-state index contributed by atoms with van der Waals surface area (Å²) in [4.78, 5) is 15.5. The summed E-state index contributed by atoms with van der Waals surface area (Å²) in [7, 11) is 3.03. The van der Waals surface area contributed by atoms with Crippen molar-refractivity contribution in [3.8, 4) is 22.8 Å². The lowest BCUT2D eigenvalue weighted by Gasteiger charge is -2.35. The van der Waals surface area contributed by atoms with Crippen LogP contribution in [0.2, 0.25) is 0 Å². The highest BCUT2D eigenvalue weighted by Gasteiger charge is 2.24. The van der Waals surface area contributed by atoms with E-state index in [1.165, 1.54) is 20.3 Å². The van der Waals surface area contributed by atoms with Crippen molar-refractivity contribution in [1.29, 1.82) is 0 Å². The summed E-state index contributed by atoms with van der Waals surface area (Å²) in [6.07, 6.45) is 3.46. The normalized spacial score (nSPS) is 18.3. The zero-order chi connectivity index (χ0) is 22.7. The lowest BCUT2D eigenvalue weighted by Crippen LogP contribution is -2.46. The van der Waals surface area contributed by atoms with Gasteiger partial charge in [0.05, 0.1) is 26.4 Å². The predicted molar refractivity (Wildman–Crippen MR) is 120 cm³/mol. The topological polar surface area (TPSA) is 81.6 Å². The average Bonchev–Trinajstić information content (AvgIpc) is 2.78. The molecule has 2 aromatic heterocycles. The number of nitrogens with zero attached hydrogens (tertiary/aromatic N) is 4. The predicted octanol–water partition coefficient (Wildman–Crippen LogP) is 4.05. The van der Waals surface area contributed by atoms with Crippen molar-refractivity contribution in [2.24, 2.45) is 0 Å². The van der Waals surface area contributed by atoms with Crippen LogP contribution in [0, 0.1) is 5.82 Å². The fourth-order valence-corrected chi connectivity index (χ4v) is 3.76. The molecule has 1 saturated heterocycles. The third-order valence-electron chi connectivity index (χ3n) is 5.14. The molecule has 0 saturated carbocycles. The highest BCUT2D eigenvalue weighted by molar-refractivity contribution is 5.73. The quantitative estimate of drug-likeness (QED) is 0.616. The number of ether oxygens (including phenoxy) is 3. The molecule has 1 N–H and O–H groups in total. The van der Waals surface area contributed by atoms with E-state index in [-0.39, 0.29) is 12.2 Å². The van der Waals surface area contributed by atoms with Gasteiger partial charge in [-0.2, -0.15) is 4.98 Å². The van der Waals surface area contributed by atoms with Gasteiger partial charge < -0.3 is 24.4 Å². The molecule has 32 heavy (non-hydrogen) atoms. The van der Waals surface area contributed by atoms with Crippen LogP contribution in [0.25, 0.3) is 11.1 Å². The van der Waals surface area contributed by atoms with Gasteiger partial charge in [0, 0.05) is 42.7 Å². The van der Waals surface area contributed by atoms with E-state index in [0.29, 0.717) is 53.3 Å². The minimum absolute atomic E-state index is 0.0966. The molecule has 9 heteroatoms. The first-order valence-corrected chi connectivity index (χ1v) is 10.3. The minimum atomic E-state index is -0.401. The third kappa shape index (κ3) is 4.72. The second kappa shape index (κ2) is 9.35. The molecule has 0 amide bonds. The van der Waals surface area contributed by atoms with E-state index in [1.54, 1.807) is 36.7 Å². The number of methoxy groups -OCH3 is 2. The molecule has 168 valence electrons. The van der Waals surface area contributed by atoms with Gasteiger partial charge in [0.15, 0.2) is 0 Å². The molecule has 0 bridgehead atoms. The molecule has 0 radical (unpaired) electrons. The number of morpholine rings is 1. The number of pyridine rings is 1. The lowest BCUT2D eigenvalue weighted by molar-refractivity contribution is -0.00571. The number of anilines is 3. The van der Waals surface area contributed by atoms with Crippen molar-refractivity contribution in [3.05, 3.63) is 48.5 Å². The fourth-order valence-electron chi connectivity index (χ4n) is 3.76. The molecule has 0 spiro atoms. The van der Waals surface area contributed by atoms with E-state index < -0.39 is 5.82 Å². The van der Waals surface area contributed by atoms with Gasteiger partial charge in [-0.15, -0.1) is 0 Å². The van der Waals surface area contributed by atoms with Crippen LogP contribution >= 0.6 is 0 Å². The zero-order valence-electron chi connectivity index (χ0n) is 18.5. The van der Waals surface area contributed by atoms with Crippen LogP contribution in [-0.2, 0) is 4.74 Å². The molecule has 0 aliphatic carbocycles. The molecule has 2 atom stereocenters. The van der Waals surface area contributed by atoms with Crippen molar-refractivity contribution in [2.75, 3.05) is 37.5 Å². The molecule has 1 aliphatic heterocycles. The van der Waals surface area contributed by atoms with Gasteiger partial charge in [-0.25, -0.2) is 14.4 Å². The van der Waals surface area contributed by atoms with Gasteiger partial charge in [0.1, 0.15) is 23.1 Å². The summed E-state index contributed by atoms with van der Waals surface area (Å²) >= 11 is 0. The van der Waals surface area contributed by atoms with Gasteiger partial charge in [-0.3, -0.25) is 0 Å². The molecule has 1 fully saturated rings. The molecule has 3 heterocycles. The Hall–Kier alpha value is -3.46. The van der Waals surface area contributed by atoms with Crippen molar-refractivity contribution >= 4 is 17.5 Å². The van der Waals surface area contributed by atoms with Crippen molar-refractivity contribution in [3.63, 3.8) is 0 Å². The van der Waals surface area contributed by atoms with Crippen molar-refractivity contribution in [1.82, 2.24) is 15.0 Å².